The van der Waals surface area contributed by atoms with Gasteiger partial charge in [-0.15, -0.1) is 0 Å². The van der Waals surface area contributed by atoms with E-state index in [0.29, 0.717) is 17.0 Å². The lowest BCUT2D eigenvalue weighted by molar-refractivity contribution is -0.0366. The maximum Gasteiger partial charge on any atom is 0.261 e. The normalized spacial score (nSPS) is 14.3. The van der Waals surface area contributed by atoms with Gasteiger partial charge in [0, 0.05) is 33.9 Å². The first-order valence-corrected chi connectivity index (χ1v) is 13.2. The van der Waals surface area contributed by atoms with Gasteiger partial charge in [0.2, 0.25) is 0 Å². The van der Waals surface area contributed by atoms with Gasteiger partial charge in [0.1, 0.15) is 29.9 Å². The predicted octanol–water partition coefficient (Wildman–Crippen LogP) is 4.51. The topological polar surface area (TPSA) is 115 Å². The van der Waals surface area contributed by atoms with Crippen LogP contribution in [0, 0.1) is 11.6 Å². The molecular formula is C25H21ClF2N6O3S. The second kappa shape index (κ2) is 9.78. The first kappa shape index (κ1) is 25.8. The molecule has 3 aromatic carbocycles. The van der Waals surface area contributed by atoms with Gasteiger partial charge in [0.25, 0.3) is 10.0 Å². The molecule has 13 heteroatoms. The van der Waals surface area contributed by atoms with Gasteiger partial charge in [-0.05, 0) is 49.4 Å². The molecule has 38 heavy (non-hydrogen) atoms. The summed E-state index contributed by atoms with van der Waals surface area (Å²) in [5.41, 5.74) is -1.27. The van der Waals surface area contributed by atoms with E-state index < -0.39 is 33.3 Å². The third kappa shape index (κ3) is 4.97. The summed E-state index contributed by atoms with van der Waals surface area (Å²) in [6.07, 6.45) is 4.25. The van der Waals surface area contributed by atoms with Crippen LogP contribution in [0.25, 0.3) is 10.9 Å². The zero-order valence-electron chi connectivity index (χ0n) is 19.8. The fraction of sp³-hybridized carbons (Fsp3) is 0.160. The molecule has 0 saturated heterocycles. The highest BCUT2D eigenvalue weighted by Crippen LogP contribution is 2.37. The molecule has 0 radical (unpaired) electrons. The Morgan fingerprint density at radius 2 is 1.95 bits per heavy atom. The average molecular weight is 559 g/mol. The van der Waals surface area contributed by atoms with E-state index in [1.54, 1.807) is 37.4 Å². The van der Waals surface area contributed by atoms with Gasteiger partial charge in [-0.2, -0.15) is 10.2 Å². The van der Waals surface area contributed by atoms with Crippen molar-refractivity contribution in [3.8, 4) is 0 Å². The van der Waals surface area contributed by atoms with Gasteiger partial charge in [0.15, 0.2) is 0 Å². The summed E-state index contributed by atoms with van der Waals surface area (Å²) in [4.78, 5) is 3.88. The highest BCUT2D eigenvalue weighted by molar-refractivity contribution is 7.92. The van der Waals surface area contributed by atoms with E-state index in [0.717, 1.165) is 6.07 Å². The van der Waals surface area contributed by atoms with Crippen molar-refractivity contribution in [3.05, 3.63) is 102 Å². The molecule has 2 aromatic heterocycles. The van der Waals surface area contributed by atoms with Crippen LogP contribution >= 0.6 is 11.6 Å². The van der Waals surface area contributed by atoms with Crippen molar-refractivity contribution in [2.45, 2.75) is 30.0 Å². The summed E-state index contributed by atoms with van der Waals surface area (Å²) in [6.45, 7) is 1.44. The molecule has 0 bridgehead atoms. The minimum atomic E-state index is -3.90. The summed E-state index contributed by atoms with van der Waals surface area (Å²) in [5.74, 6) is -1.70. The van der Waals surface area contributed by atoms with Crippen molar-refractivity contribution in [2.24, 2.45) is 0 Å². The maximum absolute atomic E-state index is 14.9. The monoisotopic (exact) mass is 558 g/mol. The Morgan fingerprint density at radius 3 is 2.66 bits per heavy atom. The highest BCUT2D eigenvalue weighted by Gasteiger charge is 2.41. The predicted molar refractivity (Wildman–Crippen MR) is 137 cm³/mol. The van der Waals surface area contributed by atoms with Crippen molar-refractivity contribution < 1.29 is 22.3 Å². The summed E-state index contributed by atoms with van der Waals surface area (Å²) in [5, 5.41) is 21.2. The number of nitrogens with one attached hydrogen (secondary N) is 1. The minimum absolute atomic E-state index is 0.00825. The molecule has 2 N–H and O–H groups in total. The SMILES string of the molecule is C[C@@H](n1cc2cc(NS(=O)(=O)c3cccc(Cl)c3)ccc2n1)[C@](O)(Cn1cncn1)c1ccc(F)cc1F. The van der Waals surface area contributed by atoms with Crippen LogP contribution in [0.1, 0.15) is 18.5 Å². The van der Waals surface area contributed by atoms with Gasteiger partial charge in [-0.25, -0.2) is 26.9 Å². The molecule has 0 saturated carbocycles. The zero-order valence-corrected chi connectivity index (χ0v) is 21.4. The number of fused-ring (bicyclic) bond motifs is 1. The molecule has 0 unspecified atom stereocenters. The lowest BCUT2D eigenvalue weighted by Crippen LogP contribution is -2.40. The van der Waals surface area contributed by atoms with Crippen LogP contribution in [0.2, 0.25) is 5.02 Å². The molecule has 0 spiro atoms. The van der Waals surface area contributed by atoms with E-state index in [9.17, 15) is 22.3 Å². The van der Waals surface area contributed by atoms with Crippen LogP contribution in [0.3, 0.4) is 0 Å². The van der Waals surface area contributed by atoms with Crippen molar-refractivity contribution in [1.82, 2.24) is 24.5 Å². The van der Waals surface area contributed by atoms with Gasteiger partial charge < -0.3 is 5.11 Å². The molecule has 5 aromatic rings. The number of aliphatic hydroxyl groups is 1. The summed E-state index contributed by atoms with van der Waals surface area (Å²) >= 11 is 5.93. The molecular weight excluding hydrogens is 538 g/mol. The van der Waals surface area contributed by atoms with E-state index >= 15 is 0 Å². The molecule has 2 heterocycles. The molecule has 2 atom stereocenters. The largest absolute Gasteiger partial charge is 0.381 e. The molecule has 0 aliphatic carbocycles. The quantitative estimate of drug-likeness (QED) is 0.290. The lowest BCUT2D eigenvalue weighted by Gasteiger charge is -2.34. The maximum atomic E-state index is 14.9. The van der Waals surface area contributed by atoms with Crippen molar-refractivity contribution in [3.63, 3.8) is 0 Å². The number of halogens is 3. The molecule has 0 amide bonds. The molecule has 196 valence electrons. The van der Waals surface area contributed by atoms with Crippen LogP contribution in [-0.4, -0.2) is 38.1 Å². The Labute approximate surface area is 221 Å². The number of rotatable bonds is 8. The fourth-order valence-corrected chi connectivity index (χ4v) is 5.57. The van der Waals surface area contributed by atoms with E-state index in [1.165, 1.54) is 46.3 Å². The Bertz CT molecular complexity index is 1730. The average Bonchev–Trinajstić information content (AvgIpc) is 3.52. The summed E-state index contributed by atoms with van der Waals surface area (Å²) < 4.78 is 59.4. The highest BCUT2D eigenvalue weighted by atomic mass is 35.5. The Hall–Kier alpha value is -3.87. The van der Waals surface area contributed by atoms with E-state index in [1.807, 2.05) is 0 Å². The standard InChI is InChI=1S/C25H21ClF2N6O3S/c1-16(25(35,13-33-15-29-14-30-33)22-7-5-19(27)11-23(22)28)34-12-17-9-20(6-8-24(17)31-34)32-38(36,37)21-4-2-3-18(26)10-21/h2-12,14-16,32,35H,13H2,1H3/t16-,25-/m1/s1. The van der Waals surface area contributed by atoms with Crippen molar-refractivity contribution in [1.29, 1.82) is 0 Å². The van der Waals surface area contributed by atoms with Gasteiger partial charge in [0.05, 0.1) is 23.0 Å². The van der Waals surface area contributed by atoms with Gasteiger partial charge in [-0.1, -0.05) is 23.7 Å². The van der Waals surface area contributed by atoms with Crippen LogP contribution in [0.5, 0.6) is 0 Å². The Morgan fingerprint density at radius 1 is 1.13 bits per heavy atom. The third-order valence-electron chi connectivity index (χ3n) is 6.24. The number of anilines is 1. The third-order valence-corrected chi connectivity index (χ3v) is 7.85. The molecule has 5 rings (SSSR count). The van der Waals surface area contributed by atoms with E-state index in [4.69, 9.17) is 11.6 Å². The zero-order chi connectivity index (χ0) is 27.1. The minimum Gasteiger partial charge on any atom is -0.381 e. The lowest BCUT2D eigenvalue weighted by atomic mass is 9.86. The molecule has 0 aliphatic rings. The van der Waals surface area contributed by atoms with Crippen LogP contribution in [0.15, 0.2) is 84.4 Å². The van der Waals surface area contributed by atoms with Crippen LogP contribution in [-0.2, 0) is 22.2 Å². The molecule has 9 nitrogen and oxygen atoms in total. The van der Waals surface area contributed by atoms with Gasteiger partial charge >= 0.3 is 0 Å². The fourth-order valence-electron chi connectivity index (χ4n) is 4.22. The Balaban J connectivity index is 1.50. The molecule has 0 fully saturated rings. The van der Waals surface area contributed by atoms with Crippen LogP contribution < -0.4 is 4.72 Å². The number of nitrogens with zero attached hydrogens (tertiary/aromatic N) is 5. The van der Waals surface area contributed by atoms with E-state index in [-0.39, 0.29) is 27.7 Å². The Kier molecular flexibility index (Phi) is 6.63. The second-order valence-electron chi connectivity index (χ2n) is 8.76. The first-order valence-electron chi connectivity index (χ1n) is 11.3. The second-order valence-corrected chi connectivity index (χ2v) is 10.9. The number of hydrogen-bond donors (Lipinski definition) is 2. The van der Waals surface area contributed by atoms with E-state index in [2.05, 4.69) is 19.9 Å². The van der Waals surface area contributed by atoms with Gasteiger partial charge in [-0.3, -0.25) is 9.40 Å². The van der Waals surface area contributed by atoms with Crippen LogP contribution in [0.4, 0.5) is 14.5 Å². The summed E-state index contributed by atoms with van der Waals surface area (Å²) in [6, 6.07) is 12.7. The number of sulfonamides is 1. The van der Waals surface area contributed by atoms with Crippen molar-refractivity contribution >= 4 is 38.2 Å². The first-order chi connectivity index (χ1) is 18.0. The number of hydrogen-bond acceptors (Lipinski definition) is 6. The summed E-state index contributed by atoms with van der Waals surface area (Å²) in [7, 11) is -3.90. The molecule has 0 aliphatic heterocycles. The number of benzene rings is 3. The van der Waals surface area contributed by atoms with Crippen molar-refractivity contribution in [2.75, 3.05) is 4.72 Å². The number of aromatic nitrogens is 5. The smallest absolute Gasteiger partial charge is 0.261 e.